The molecule has 0 atom stereocenters. The molecular formula is C15H11FN2O2. The van der Waals surface area contributed by atoms with Crippen LogP contribution in [0.15, 0.2) is 52.7 Å². The van der Waals surface area contributed by atoms with Gasteiger partial charge in [-0.2, -0.15) is 5.26 Å². The summed E-state index contributed by atoms with van der Waals surface area (Å²) >= 11 is 0. The highest BCUT2D eigenvalue weighted by molar-refractivity contribution is 6.10. The fourth-order valence-corrected chi connectivity index (χ4v) is 1.62. The van der Waals surface area contributed by atoms with Gasteiger partial charge in [-0.25, -0.2) is 4.39 Å². The van der Waals surface area contributed by atoms with Gasteiger partial charge in [0.05, 0.1) is 6.26 Å². The first-order valence-electron chi connectivity index (χ1n) is 5.81. The fraction of sp³-hybridized carbons (Fsp3) is 0.0667. The van der Waals surface area contributed by atoms with Crippen molar-refractivity contribution in [2.24, 2.45) is 0 Å². The summed E-state index contributed by atoms with van der Waals surface area (Å²) in [4.78, 5) is 13.5. The average molecular weight is 270 g/mol. The molecule has 0 unspecified atom stereocenters. The zero-order valence-electron chi connectivity index (χ0n) is 10.7. The van der Waals surface area contributed by atoms with Crippen LogP contribution in [-0.4, -0.2) is 13.0 Å². The SMILES string of the molecule is CN(C(=O)C(C#N)=Cc1ccco1)c1ccc(F)cc1. The highest BCUT2D eigenvalue weighted by Gasteiger charge is 2.16. The zero-order chi connectivity index (χ0) is 14.5. The lowest BCUT2D eigenvalue weighted by molar-refractivity contribution is -0.114. The predicted molar refractivity (Wildman–Crippen MR) is 72.1 cm³/mol. The minimum atomic E-state index is -0.490. The van der Waals surface area contributed by atoms with Crippen LogP contribution in [0.5, 0.6) is 0 Å². The van der Waals surface area contributed by atoms with Crippen molar-refractivity contribution in [3.63, 3.8) is 0 Å². The maximum atomic E-state index is 12.8. The summed E-state index contributed by atoms with van der Waals surface area (Å²) in [5, 5.41) is 9.07. The van der Waals surface area contributed by atoms with E-state index in [9.17, 15) is 9.18 Å². The van der Waals surface area contributed by atoms with Crippen LogP contribution in [0.1, 0.15) is 5.76 Å². The van der Waals surface area contributed by atoms with E-state index < -0.39 is 5.91 Å². The summed E-state index contributed by atoms with van der Waals surface area (Å²) in [6.07, 6.45) is 2.82. The van der Waals surface area contributed by atoms with E-state index >= 15 is 0 Å². The van der Waals surface area contributed by atoms with Gasteiger partial charge in [-0.3, -0.25) is 4.79 Å². The van der Waals surface area contributed by atoms with Gasteiger partial charge >= 0.3 is 0 Å². The molecule has 0 fully saturated rings. The Morgan fingerprint density at radius 2 is 2.05 bits per heavy atom. The quantitative estimate of drug-likeness (QED) is 0.636. The summed E-state index contributed by atoms with van der Waals surface area (Å²) in [6, 6.07) is 10.6. The number of benzene rings is 1. The Morgan fingerprint density at radius 1 is 1.35 bits per heavy atom. The van der Waals surface area contributed by atoms with Gasteiger partial charge in [0, 0.05) is 18.8 Å². The van der Waals surface area contributed by atoms with Crippen LogP contribution in [0.2, 0.25) is 0 Å². The lowest BCUT2D eigenvalue weighted by atomic mass is 10.2. The van der Waals surface area contributed by atoms with Crippen molar-refractivity contribution in [3.8, 4) is 6.07 Å². The summed E-state index contributed by atoms with van der Waals surface area (Å²) in [6.45, 7) is 0. The number of carbonyl (C=O) groups is 1. The number of furan rings is 1. The standard InChI is InChI=1S/C15H11FN2O2/c1-18(13-6-4-12(16)5-7-13)15(19)11(10-17)9-14-3-2-8-20-14/h2-9H,1H3. The predicted octanol–water partition coefficient (Wildman–Crippen LogP) is 2.99. The van der Waals surface area contributed by atoms with E-state index in [0.717, 1.165) is 0 Å². The topological polar surface area (TPSA) is 57.2 Å². The van der Waals surface area contributed by atoms with Gasteiger partial charge in [-0.15, -0.1) is 0 Å². The highest BCUT2D eigenvalue weighted by atomic mass is 19.1. The molecule has 0 saturated carbocycles. The van der Waals surface area contributed by atoms with Crippen LogP contribution < -0.4 is 4.90 Å². The molecule has 0 aliphatic carbocycles. The van der Waals surface area contributed by atoms with Gasteiger partial charge in [0.25, 0.3) is 5.91 Å². The van der Waals surface area contributed by atoms with Gasteiger partial charge in [0.15, 0.2) is 0 Å². The van der Waals surface area contributed by atoms with E-state index in [-0.39, 0.29) is 11.4 Å². The Kier molecular flexibility index (Phi) is 3.96. The number of hydrogen-bond acceptors (Lipinski definition) is 3. The maximum absolute atomic E-state index is 12.8. The zero-order valence-corrected chi connectivity index (χ0v) is 10.7. The van der Waals surface area contributed by atoms with Crippen molar-refractivity contribution in [1.82, 2.24) is 0 Å². The number of nitriles is 1. The summed E-state index contributed by atoms with van der Waals surface area (Å²) in [5.74, 6) is -0.459. The third-order valence-electron chi connectivity index (χ3n) is 2.70. The lowest BCUT2D eigenvalue weighted by Gasteiger charge is -2.16. The fourth-order valence-electron chi connectivity index (χ4n) is 1.62. The molecule has 1 aromatic heterocycles. The Morgan fingerprint density at radius 3 is 2.60 bits per heavy atom. The molecule has 5 heteroatoms. The van der Waals surface area contributed by atoms with Gasteiger partial charge in [-0.05, 0) is 36.4 Å². The molecule has 0 bridgehead atoms. The number of nitrogens with zero attached hydrogens (tertiary/aromatic N) is 2. The van der Waals surface area contributed by atoms with Crippen molar-refractivity contribution in [2.75, 3.05) is 11.9 Å². The summed E-state index contributed by atoms with van der Waals surface area (Å²) in [5.41, 5.74) is 0.434. The first-order valence-corrected chi connectivity index (χ1v) is 5.81. The second-order valence-corrected chi connectivity index (χ2v) is 4.03. The Hall–Kier alpha value is -2.87. The first kappa shape index (κ1) is 13.6. The molecule has 0 N–H and O–H groups in total. The minimum absolute atomic E-state index is 0.0632. The number of carbonyl (C=O) groups excluding carboxylic acids is 1. The van der Waals surface area contributed by atoms with Crippen LogP contribution in [0, 0.1) is 17.1 Å². The van der Waals surface area contributed by atoms with Crippen LogP contribution >= 0.6 is 0 Å². The molecule has 1 amide bonds. The molecule has 20 heavy (non-hydrogen) atoms. The first-order chi connectivity index (χ1) is 9.61. The van der Waals surface area contributed by atoms with Gasteiger partial charge in [0.1, 0.15) is 23.2 Å². The Labute approximate surface area is 115 Å². The van der Waals surface area contributed by atoms with Crippen LogP contribution in [0.4, 0.5) is 10.1 Å². The monoisotopic (exact) mass is 270 g/mol. The molecule has 0 spiro atoms. The normalized spacial score (nSPS) is 10.9. The number of rotatable bonds is 3. The van der Waals surface area contributed by atoms with Gasteiger partial charge in [-0.1, -0.05) is 0 Å². The van der Waals surface area contributed by atoms with E-state index in [0.29, 0.717) is 11.4 Å². The van der Waals surface area contributed by atoms with Crippen molar-refractivity contribution >= 4 is 17.7 Å². The van der Waals surface area contributed by atoms with E-state index in [1.165, 1.54) is 48.6 Å². The highest BCUT2D eigenvalue weighted by Crippen LogP contribution is 2.17. The number of likely N-dealkylation sites (N-methyl/N-ethyl adjacent to an activating group) is 1. The minimum Gasteiger partial charge on any atom is -0.465 e. The molecule has 1 aromatic carbocycles. The molecule has 4 nitrogen and oxygen atoms in total. The molecule has 0 aliphatic heterocycles. The van der Waals surface area contributed by atoms with Gasteiger partial charge in [0.2, 0.25) is 0 Å². The molecule has 0 aliphatic rings. The Bertz CT molecular complexity index is 667. The molecule has 1 heterocycles. The van der Waals surface area contributed by atoms with Crippen molar-refractivity contribution in [2.45, 2.75) is 0 Å². The van der Waals surface area contributed by atoms with E-state index in [4.69, 9.17) is 9.68 Å². The van der Waals surface area contributed by atoms with Crippen molar-refractivity contribution in [1.29, 1.82) is 5.26 Å². The summed E-state index contributed by atoms with van der Waals surface area (Å²) in [7, 11) is 1.52. The molecule has 0 radical (unpaired) electrons. The smallest absolute Gasteiger partial charge is 0.268 e. The average Bonchev–Trinajstić information content (AvgIpc) is 2.97. The molecule has 2 aromatic rings. The number of amides is 1. The van der Waals surface area contributed by atoms with Crippen LogP contribution in [-0.2, 0) is 4.79 Å². The van der Waals surface area contributed by atoms with Gasteiger partial charge < -0.3 is 9.32 Å². The third-order valence-corrected chi connectivity index (χ3v) is 2.70. The van der Waals surface area contributed by atoms with Crippen LogP contribution in [0.25, 0.3) is 6.08 Å². The largest absolute Gasteiger partial charge is 0.465 e. The number of hydrogen-bond donors (Lipinski definition) is 0. The molecule has 100 valence electrons. The lowest BCUT2D eigenvalue weighted by Crippen LogP contribution is -2.27. The molecular weight excluding hydrogens is 259 g/mol. The van der Waals surface area contributed by atoms with E-state index in [1.807, 2.05) is 6.07 Å². The Balaban J connectivity index is 2.25. The second kappa shape index (κ2) is 5.85. The maximum Gasteiger partial charge on any atom is 0.268 e. The van der Waals surface area contributed by atoms with Crippen molar-refractivity contribution in [3.05, 3.63) is 59.8 Å². The van der Waals surface area contributed by atoms with E-state index in [1.54, 1.807) is 12.1 Å². The van der Waals surface area contributed by atoms with Crippen LogP contribution in [0.3, 0.4) is 0 Å². The molecule has 2 rings (SSSR count). The third kappa shape index (κ3) is 2.93. The second-order valence-electron chi connectivity index (χ2n) is 4.03. The molecule has 0 saturated heterocycles. The number of anilines is 1. The van der Waals surface area contributed by atoms with Crippen molar-refractivity contribution < 1.29 is 13.6 Å². The van der Waals surface area contributed by atoms with E-state index in [2.05, 4.69) is 0 Å². The summed E-state index contributed by atoms with van der Waals surface area (Å²) < 4.78 is 17.9. The number of halogens is 1.